The van der Waals surface area contributed by atoms with Crippen LogP contribution in [0.5, 0.6) is 0 Å². The molecule has 0 heterocycles. The maximum Gasteiger partial charge on any atom is 0.0661 e. The van der Waals surface area contributed by atoms with E-state index in [1.165, 1.54) is 6.42 Å². The van der Waals surface area contributed by atoms with Crippen molar-refractivity contribution in [2.24, 2.45) is 11.7 Å². The summed E-state index contributed by atoms with van der Waals surface area (Å²) in [4.78, 5) is 4.99. The molecule has 0 aliphatic rings. The fourth-order valence-corrected chi connectivity index (χ4v) is 3.02. The first-order chi connectivity index (χ1) is 9.52. The summed E-state index contributed by atoms with van der Waals surface area (Å²) < 4.78 is 5.48. The van der Waals surface area contributed by atoms with Crippen molar-refractivity contribution in [2.75, 3.05) is 53.0 Å². The van der Waals surface area contributed by atoms with Gasteiger partial charge in [0.25, 0.3) is 0 Å². The normalized spacial score (nSPS) is 15.3. The van der Waals surface area contributed by atoms with Gasteiger partial charge in [0.05, 0.1) is 12.1 Å². The van der Waals surface area contributed by atoms with E-state index in [-0.39, 0.29) is 5.54 Å². The molecule has 0 saturated heterocycles. The van der Waals surface area contributed by atoms with Gasteiger partial charge in [-0.05, 0) is 38.5 Å². The van der Waals surface area contributed by atoms with Crippen LogP contribution in [0.3, 0.4) is 0 Å². The third-order valence-corrected chi connectivity index (χ3v) is 4.63. The second-order valence-electron chi connectivity index (χ2n) is 5.86. The van der Waals surface area contributed by atoms with Crippen molar-refractivity contribution in [3.05, 3.63) is 0 Å². The largest absolute Gasteiger partial charge is 0.383 e. The van der Waals surface area contributed by atoms with Crippen LogP contribution >= 0.6 is 0 Å². The molecule has 0 radical (unpaired) electrons. The monoisotopic (exact) mass is 287 g/mol. The molecule has 0 amide bonds. The van der Waals surface area contributed by atoms with E-state index in [4.69, 9.17) is 10.5 Å². The zero-order valence-electron chi connectivity index (χ0n) is 14.6. The summed E-state index contributed by atoms with van der Waals surface area (Å²) in [5, 5.41) is 0. The minimum absolute atomic E-state index is 0.0350. The van der Waals surface area contributed by atoms with Crippen molar-refractivity contribution in [1.82, 2.24) is 9.80 Å². The highest BCUT2D eigenvalue weighted by Crippen LogP contribution is 2.25. The molecule has 0 aliphatic carbocycles. The van der Waals surface area contributed by atoms with Crippen molar-refractivity contribution in [1.29, 1.82) is 0 Å². The SMILES string of the molecule is CCN(CC)CCCN(CC)C(CN)(COC)C(C)C. The lowest BCUT2D eigenvalue weighted by molar-refractivity contribution is -0.0151. The zero-order chi connectivity index (χ0) is 15.6. The molecule has 0 bridgehead atoms. The van der Waals surface area contributed by atoms with Crippen LogP contribution < -0.4 is 5.73 Å². The molecule has 0 aromatic rings. The molecule has 0 spiro atoms. The van der Waals surface area contributed by atoms with Gasteiger partial charge in [-0.2, -0.15) is 0 Å². The van der Waals surface area contributed by atoms with Gasteiger partial charge in [0.2, 0.25) is 0 Å². The Balaban J connectivity index is 4.66. The number of nitrogens with two attached hydrogens (primary N) is 1. The lowest BCUT2D eigenvalue weighted by Crippen LogP contribution is -2.60. The number of nitrogens with zero attached hydrogens (tertiary/aromatic N) is 2. The third kappa shape index (κ3) is 5.32. The molecule has 0 aromatic carbocycles. The minimum Gasteiger partial charge on any atom is -0.383 e. The standard InChI is InChI=1S/C16H37N3O/c1-7-18(8-2)11-10-12-19(9-3)16(13-17,14-20-6)15(4)5/h15H,7-14,17H2,1-6H3. The second-order valence-corrected chi connectivity index (χ2v) is 5.86. The molecule has 1 unspecified atom stereocenters. The Kier molecular flexibility index (Phi) is 10.5. The average Bonchev–Trinajstić information content (AvgIpc) is 2.45. The Hall–Kier alpha value is -0.160. The summed E-state index contributed by atoms with van der Waals surface area (Å²) in [7, 11) is 1.77. The second kappa shape index (κ2) is 10.6. The van der Waals surface area contributed by atoms with Crippen LogP contribution in [-0.4, -0.2) is 68.3 Å². The number of rotatable bonds is 12. The first-order valence-electron chi connectivity index (χ1n) is 8.18. The van der Waals surface area contributed by atoms with Crippen LogP contribution in [0.15, 0.2) is 0 Å². The van der Waals surface area contributed by atoms with Gasteiger partial charge >= 0.3 is 0 Å². The molecule has 0 rings (SSSR count). The Bertz CT molecular complexity index is 232. The van der Waals surface area contributed by atoms with Gasteiger partial charge in [-0.3, -0.25) is 4.90 Å². The minimum atomic E-state index is -0.0350. The molecule has 122 valence electrons. The summed E-state index contributed by atoms with van der Waals surface area (Å²) >= 11 is 0. The van der Waals surface area contributed by atoms with E-state index < -0.39 is 0 Å². The first-order valence-corrected chi connectivity index (χ1v) is 8.18. The summed E-state index contributed by atoms with van der Waals surface area (Å²) in [6, 6.07) is 0. The highest BCUT2D eigenvalue weighted by molar-refractivity contribution is 4.94. The van der Waals surface area contributed by atoms with Crippen molar-refractivity contribution < 1.29 is 4.74 Å². The van der Waals surface area contributed by atoms with Crippen LogP contribution in [0.2, 0.25) is 0 Å². The van der Waals surface area contributed by atoms with Crippen LogP contribution in [0.1, 0.15) is 41.0 Å². The van der Waals surface area contributed by atoms with Gasteiger partial charge in [0, 0.05) is 20.2 Å². The molecule has 0 saturated carbocycles. The first kappa shape index (κ1) is 19.8. The Morgan fingerprint density at radius 2 is 1.65 bits per heavy atom. The van der Waals surface area contributed by atoms with Gasteiger partial charge < -0.3 is 15.4 Å². The van der Waals surface area contributed by atoms with Crippen LogP contribution in [0, 0.1) is 5.92 Å². The molecule has 1 atom stereocenters. The molecule has 0 fully saturated rings. The van der Waals surface area contributed by atoms with E-state index in [0.717, 1.165) is 32.7 Å². The maximum absolute atomic E-state index is 6.12. The van der Waals surface area contributed by atoms with Gasteiger partial charge in [-0.1, -0.05) is 34.6 Å². The smallest absolute Gasteiger partial charge is 0.0661 e. The fourth-order valence-electron chi connectivity index (χ4n) is 3.02. The average molecular weight is 287 g/mol. The zero-order valence-corrected chi connectivity index (χ0v) is 14.6. The fraction of sp³-hybridized carbons (Fsp3) is 1.00. The molecular formula is C16H37N3O. The van der Waals surface area contributed by atoms with E-state index in [2.05, 4.69) is 44.4 Å². The molecule has 2 N–H and O–H groups in total. The molecule has 0 aromatic heterocycles. The quantitative estimate of drug-likeness (QED) is 0.596. The van der Waals surface area contributed by atoms with Gasteiger partial charge in [-0.25, -0.2) is 0 Å². The van der Waals surface area contributed by atoms with Crippen molar-refractivity contribution >= 4 is 0 Å². The number of ether oxygens (including phenoxy) is 1. The van der Waals surface area contributed by atoms with Gasteiger partial charge in [0.15, 0.2) is 0 Å². The number of hydrogen-bond donors (Lipinski definition) is 1. The van der Waals surface area contributed by atoms with E-state index in [0.29, 0.717) is 19.1 Å². The van der Waals surface area contributed by atoms with E-state index >= 15 is 0 Å². The third-order valence-electron chi connectivity index (χ3n) is 4.63. The maximum atomic E-state index is 6.12. The Morgan fingerprint density at radius 3 is 2.00 bits per heavy atom. The van der Waals surface area contributed by atoms with Crippen molar-refractivity contribution in [3.63, 3.8) is 0 Å². The predicted octanol–water partition coefficient (Wildman–Crippen LogP) is 2.04. The lowest BCUT2D eigenvalue weighted by atomic mass is 9.85. The Labute approximate surface area is 126 Å². The molecule has 0 aliphatic heterocycles. The topological polar surface area (TPSA) is 41.7 Å². The van der Waals surface area contributed by atoms with E-state index in [1.54, 1.807) is 7.11 Å². The highest BCUT2D eigenvalue weighted by Gasteiger charge is 2.37. The van der Waals surface area contributed by atoms with E-state index in [1.807, 2.05) is 0 Å². The molecular weight excluding hydrogens is 250 g/mol. The van der Waals surface area contributed by atoms with E-state index in [9.17, 15) is 0 Å². The summed E-state index contributed by atoms with van der Waals surface area (Å²) in [6.07, 6.45) is 1.19. The van der Waals surface area contributed by atoms with Crippen molar-refractivity contribution in [3.8, 4) is 0 Å². The number of methoxy groups -OCH3 is 1. The molecule has 20 heavy (non-hydrogen) atoms. The summed E-state index contributed by atoms with van der Waals surface area (Å²) in [6.45, 7) is 18.1. The highest BCUT2D eigenvalue weighted by atomic mass is 16.5. The van der Waals surface area contributed by atoms with Crippen LogP contribution in [0.4, 0.5) is 0 Å². The van der Waals surface area contributed by atoms with Crippen molar-refractivity contribution in [2.45, 2.75) is 46.6 Å². The molecule has 4 heteroatoms. The van der Waals surface area contributed by atoms with Crippen LogP contribution in [-0.2, 0) is 4.74 Å². The molecule has 4 nitrogen and oxygen atoms in total. The number of hydrogen-bond acceptors (Lipinski definition) is 4. The predicted molar refractivity (Wildman–Crippen MR) is 88.2 cm³/mol. The summed E-state index contributed by atoms with van der Waals surface area (Å²) in [5.41, 5.74) is 6.09. The van der Waals surface area contributed by atoms with Gasteiger partial charge in [-0.15, -0.1) is 0 Å². The lowest BCUT2D eigenvalue weighted by Gasteiger charge is -2.46. The number of likely N-dealkylation sites (N-methyl/N-ethyl adjacent to an activating group) is 1. The summed E-state index contributed by atoms with van der Waals surface area (Å²) in [5.74, 6) is 0.487. The van der Waals surface area contributed by atoms with Crippen LogP contribution in [0.25, 0.3) is 0 Å². The van der Waals surface area contributed by atoms with Gasteiger partial charge in [0.1, 0.15) is 0 Å². The Morgan fingerprint density at radius 1 is 1.05 bits per heavy atom.